The first kappa shape index (κ1) is 10.4. The second-order valence-corrected chi connectivity index (χ2v) is 2.46. The van der Waals surface area contributed by atoms with Crippen LogP contribution in [0.2, 0.25) is 0 Å². The Balaban J connectivity index is 2.89. The third-order valence-electron chi connectivity index (χ3n) is 1.28. The standard InChI is InChI=1S/C7H5F3N2O2/c8-7(9,10)3-5-11-2-1-4(12-5)6(13)14/h1-2H,3H2,(H,13,14). The molecule has 0 aromatic carbocycles. The molecule has 1 aromatic rings. The molecule has 7 heteroatoms. The van der Waals surface area contributed by atoms with Crippen LogP contribution in [0.5, 0.6) is 0 Å². The lowest BCUT2D eigenvalue weighted by Gasteiger charge is -2.04. The minimum absolute atomic E-state index is 0.445. The molecule has 0 aliphatic heterocycles. The molecule has 76 valence electrons. The van der Waals surface area contributed by atoms with Crippen LogP contribution in [-0.4, -0.2) is 27.2 Å². The van der Waals surface area contributed by atoms with Gasteiger partial charge in [-0.1, -0.05) is 0 Å². The lowest BCUT2D eigenvalue weighted by Crippen LogP contribution is -2.15. The maximum atomic E-state index is 11.8. The molecule has 0 fully saturated rings. The highest BCUT2D eigenvalue weighted by Gasteiger charge is 2.29. The fourth-order valence-electron chi connectivity index (χ4n) is 0.783. The third-order valence-corrected chi connectivity index (χ3v) is 1.28. The van der Waals surface area contributed by atoms with Gasteiger partial charge in [-0.05, 0) is 6.07 Å². The molecule has 0 bridgehead atoms. The van der Waals surface area contributed by atoms with Crippen molar-refractivity contribution in [2.45, 2.75) is 12.6 Å². The van der Waals surface area contributed by atoms with Crippen molar-refractivity contribution in [1.82, 2.24) is 9.97 Å². The van der Waals surface area contributed by atoms with Crippen molar-refractivity contribution in [3.63, 3.8) is 0 Å². The van der Waals surface area contributed by atoms with E-state index in [9.17, 15) is 18.0 Å². The number of hydrogen-bond donors (Lipinski definition) is 1. The van der Waals surface area contributed by atoms with Crippen molar-refractivity contribution in [2.75, 3.05) is 0 Å². The number of carboxylic acid groups (broad SMARTS) is 1. The van der Waals surface area contributed by atoms with Crippen LogP contribution in [-0.2, 0) is 6.42 Å². The van der Waals surface area contributed by atoms with Gasteiger partial charge in [-0.15, -0.1) is 0 Å². The normalized spacial score (nSPS) is 11.4. The Morgan fingerprint density at radius 1 is 1.50 bits per heavy atom. The lowest BCUT2D eigenvalue weighted by atomic mass is 10.3. The van der Waals surface area contributed by atoms with E-state index in [1.807, 2.05) is 0 Å². The molecule has 0 aliphatic rings. The quantitative estimate of drug-likeness (QED) is 0.791. The summed E-state index contributed by atoms with van der Waals surface area (Å²) in [5, 5.41) is 8.44. The van der Waals surface area contributed by atoms with Crippen LogP contribution in [0.3, 0.4) is 0 Å². The topological polar surface area (TPSA) is 63.1 Å². The molecule has 0 saturated carbocycles. The average molecular weight is 206 g/mol. The van der Waals surface area contributed by atoms with Gasteiger partial charge in [-0.2, -0.15) is 13.2 Å². The van der Waals surface area contributed by atoms with E-state index in [1.54, 1.807) is 0 Å². The van der Waals surface area contributed by atoms with Crippen LogP contribution in [0.15, 0.2) is 12.3 Å². The molecular formula is C7H5F3N2O2. The summed E-state index contributed by atoms with van der Waals surface area (Å²) < 4.78 is 35.5. The van der Waals surface area contributed by atoms with E-state index in [4.69, 9.17) is 5.11 Å². The summed E-state index contributed by atoms with van der Waals surface area (Å²) >= 11 is 0. The van der Waals surface area contributed by atoms with E-state index in [-0.39, 0.29) is 0 Å². The van der Waals surface area contributed by atoms with E-state index in [0.717, 1.165) is 12.3 Å². The third kappa shape index (κ3) is 3.00. The number of halogens is 3. The van der Waals surface area contributed by atoms with Crippen molar-refractivity contribution in [2.24, 2.45) is 0 Å². The Morgan fingerprint density at radius 3 is 2.64 bits per heavy atom. The Hall–Kier alpha value is -1.66. The molecule has 1 heterocycles. The molecule has 0 radical (unpaired) electrons. The lowest BCUT2D eigenvalue weighted by molar-refractivity contribution is -0.128. The highest BCUT2D eigenvalue weighted by Crippen LogP contribution is 2.18. The van der Waals surface area contributed by atoms with E-state index in [2.05, 4.69) is 9.97 Å². The molecule has 14 heavy (non-hydrogen) atoms. The minimum atomic E-state index is -4.43. The van der Waals surface area contributed by atoms with Gasteiger partial charge in [-0.3, -0.25) is 0 Å². The summed E-state index contributed by atoms with van der Waals surface area (Å²) in [5.41, 5.74) is -0.445. The van der Waals surface area contributed by atoms with Crippen LogP contribution >= 0.6 is 0 Å². The van der Waals surface area contributed by atoms with Crippen molar-refractivity contribution < 1.29 is 23.1 Å². The molecule has 1 rings (SSSR count). The molecule has 4 nitrogen and oxygen atoms in total. The smallest absolute Gasteiger partial charge is 0.396 e. The zero-order chi connectivity index (χ0) is 10.8. The number of carbonyl (C=O) groups is 1. The molecule has 0 saturated heterocycles. The predicted molar refractivity (Wildman–Crippen MR) is 38.8 cm³/mol. The number of nitrogens with zero attached hydrogens (tertiary/aromatic N) is 2. The van der Waals surface area contributed by atoms with Gasteiger partial charge in [0.2, 0.25) is 0 Å². The first-order valence-electron chi connectivity index (χ1n) is 3.50. The van der Waals surface area contributed by atoms with Gasteiger partial charge < -0.3 is 5.11 Å². The van der Waals surface area contributed by atoms with Gasteiger partial charge >= 0.3 is 12.1 Å². The summed E-state index contributed by atoms with van der Waals surface area (Å²) in [7, 11) is 0. The van der Waals surface area contributed by atoms with Gasteiger partial charge in [0.1, 0.15) is 12.2 Å². The monoisotopic (exact) mass is 206 g/mol. The second kappa shape index (κ2) is 3.60. The summed E-state index contributed by atoms with van der Waals surface area (Å²) in [6.07, 6.45) is -4.78. The highest BCUT2D eigenvalue weighted by atomic mass is 19.4. The predicted octanol–water partition coefficient (Wildman–Crippen LogP) is 1.28. The van der Waals surface area contributed by atoms with Gasteiger partial charge in [0.25, 0.3) is 0 Å². The average Bonchev–Trinajstić information content (AvgIpc) is 2.01. The number of hydrogen-bond acceptors (Lipinski definition) is 3. The van der Waals surface area contributed by atoms with Crippen LogP contribution in [0.1, 0.15) is 16.3 Å². The largest absolute Gasteiger partial charge is 0.477 e. The first-order chi connectivity index (χ1) is 6.38. The number of aromatic carboxylic acids is 1. The number of carboxylic acids is 1. The molecule has 1 N–H and O–H groups in total. The molecule has 0 atom stereocenters. The number of aromatic nitrogens is 2. The van der Waals surface area contributed by atoms with E-state index < -0.39 is 30.1 Å². The van der Waals surface area contributed by atoms with E-state index >= 15 is 0 Å². The minimum Gasteiger partial charge on any atom is -0.477 e. The summed E-state index contributed by atoms with van der Waals surface area (Å²) in [4.78, 5) is 16.9. The maximum Gasteiger partial charge on any atom is 0.396 e. The van der Waals surface area contributed by atoms with Gasteiger partial charge in [-0.25, -0.2) is 14.8 Å². The van der Waals surface area contributed by atoms with Gasteiger partial charge in [0, 0.05) is 6.20 Å². The van der Waals surface area contributed by atoms with Crippen molar-refractivity contribution in [1.29, 1.82) is 0 Å². The fraction of sp³-hybridized carbons (Fsp3) is 0.286. The molecule has 1 aromatic heterocycles. The summed E-state index contributed by atoms with van der Waals surface area (Å²) in [5.74, 6) is -1.92. The number of rotatable bonds is 2. The van der Waals surface area contributed by atoms with Crippen molar-refractivity contribution in [3.8, 4) is 0 Å². The second-order valence-electron chi connectivity index (χ2n) is 2.46. The van der Waals surface area contributed by atoms with E-state index in [0.29, 0.717) is 0 Å². The molecule has 0 spiro atoms. The molecule has 0 aliphatic carbocycles. The van der Waals surface area contributed by atoms with Crippen LogP contribution < -0.4 is 0 Å². The first-order valence-corrected chi connectivity index (χ1v) is 3.50. The zero-order valence-electron chi connectivity index (χ0n) is 6.75. The Labute approximate surface area is 76.4 Å². The Morgan fingerprint density at radius 2 is 2.14 bits per heavy atom. The van der Waals surface area contributed by atoms with E-state index in [1.165, 1.54) is 0 Å². The van der Waals surface area contributed by atoms with Crippen LogP contribution in [0.25, 0.3) is 0 Å². The summed E-state index contributed by atoms with van der Waals surface area (Å²) in [6, 6.07) is 1.03. The Kier molecular flexibility index (Phi) is 2.68. The van der Waals surface area contributed by atoms with Gasteiger partial charge in [0.05, 0.1) is 0 Å². The zero-order valence-corrected chi connectivity index (χ0v) is 6.75. The van der Waals surface area contributed by atoms with Crippen LogP contribution in [0.4, 0.5) is 13.2 Å². The SMILES string of the molecule is O=C(O)c1ccnc(CC(F)(F)F)n1. The van der Waals surface area contributed by atoms with Gasteiger partial charge in [0.15, 0.2) is 5.69 Å². The maximum absolute atomic E-state index is 11.8. The molecule has 0 unspecified atom stereocenters. The molecular weight excluding hydrogens is 201 g/mol. The Bertz CT molecular complexity index is 351. The van der Waals surface area contributed by atoms with Crippen LogP contribution in [0, 0.1) is 0 Å². The highest BCUT2D eigenvalue weighted by molar-refractivity contribution is 5.85. The fourth-order valence-corrected chi connectivity index (χ4v) is 0.783. The molecule has 0 amide bonds. The number of alkyl halides is 3. The summed E-state index contributed by atoms with van der Waals surface area (Å²) in [6.45, 7) is 0. The van der Waals surface area contributed by atoms with Crippen molar-refractivity contribution in [3.05, 3.63) is 23.8 Å². The van der Waals surface area contributed by atoms with Crippen molar-refractivity contribution >= 4 is 5.97 Å².